The Labute approximate surface area is 101 Å². The van der Waals surface area contributed by atoms with Crippen LogP contribution in [-0.2, 0) is 4.74 Å². The summed E-state index contributed by atoms with van der Waals surface area (Å²) >= 11 is 0. The van der Waals surface area contributed by atoms with E-state index in [1.54, 1.807) is 13.4 Å². The molecule has 0 aliphatic rings. The van der Waals surface area contributed by atoms with Gasteiger partial charge in [0.05, 0.1) is 11.6 Å². The van der Waals surface area contributed by atoms with E-state index in [2.05, 4.69) is 28.3 Å². The van der Waals surface area contributed by atoms with E-state index < -0.39 is 0 Å². The maximum Gasteiger partial charge on any atom is 0.137 e. The molecule has 0 saturated carbocycles. The van der Waals surface area contributed by atoms with Gasteiger partial charge < -0.3 is 10.1 Å². The molecule has 0 saturated heterocycles. The number of nitrogens with zero attached hydrogens (tertiary/aromatic N) is 2. The van der Waals surface area contributed by atoms with Crippen molar-refractivity contribution in [1.82, 2.24) is 9.97 Å². The second-order valence-corrected chi connectivity index (χ2v) is 4.12. The Morgan fingerprint density at radius 1 is 1.35 bits per heavy atom. The Morgan fingerprint density at radius 2 is 2.18 bits per heavy atom. The van der Waals surface area contributed by atoms with Crippen LogP contribution in [0.4, 0.5) is 5.82 Å². The summed E-state index contributed by atoms with van der Waals surface area (Å²) in [6, 6.07) is 6.07. The van der Waals surface area contributed by atoms with E-state index in [9.17, 15) is 0 Å². The summed E-state index contributed by atoms with van der Waals surface area (Å²) in [6.07, 6.45) is 1.74. The van der Waals surface area contributed by atoms with Gasteiger partial charge in [-0.3, -0.25) is 0 Å². The molecule has 0 radical (unpaired) electrons. The van der Waals surface area contributed by atoms with E-state index in [0.717, 1.165) is 23.3 Å². The SMILES string of the molecule is COC(C)CNc1ncnc2cccc(C)c12. The fraction of sp³-hybridized carbons (Fsp3) is 0.385. The molecule has 90 valence electrons. The van der Waals surface area contributed by atoms with Crippen LogP contribution in [-0.4, -0.2) is 29.7 Å². The highest BCUT2D eigenvalue weighted by molar-refractivity contribution is 5.91. The lowest BCUT2D eigenvalue weighted by atomic mass is 10.1. The average molecular weight is 231 g/mol. The van der Waals surface area contributed by atoms with E-state index in [-0.39, 0.29) is 6.10 Å². The number of fused-ring (bicyclic) bond motifs is 1. The molecule has 0 spiro atoms. The van der Waals surface area contributed by atoms with Crippen LogP contribution in [0.3, 0.4) is 0 Å². The Kier molecular flexibility index (Phi) is 3.54. The van der Waals surface area contributed by atoms with Crippen LogP contribution in [0.1, 0.15) is 12.5 Å². The second-order valence-electron chi connectivity index (χ2n) is 4.12. The lowest BCUT2D eigenvalue weighted by molar-refractivity contribution is 0.128. The molecule has 1 heterocycles. The van der Waals surface area contributed by atoms with Crippen molar-refractivity contribution in [3.8, 4) is 0 Å². The zero-order chi connectivity index (χ0) is 12.3. The molecule has 4 nitrogen and oxygen atoms in total. The van der Waals surface area contributed by atoms with Crippen molar-refractivity contribution in [2.24, 2.45) is 0 Å². The van der Waals surface area contributed by atoms with Gasteiger partial charge in [0.2, 0.25) is 0 Å². The fourth-order valence-corrected chi connectivity index (χ4v) is 1.74. The fourth-order valence-electron chi connectivity index (χ4n) is 1.74. The number of ether oxygens (including phenoxy) is 1. The summed E-state index contributed by atoms with van der Waals surface area (Å²) < 4.78 is 5.21. The molecule has 0 bridgehead atoms. The van der Waals surface area contributed by atoms with Crippen molar-refractivity contribution >= 4 is 16.7 Å². The molecule has 4 heteroatoms. The Hall–Kier alpha value is -1.68. The number of aromatic nitrogens is 2. The van der Waals surface area contributed by atoms with E-state index >= 15 is 0 Å². The number of hydrogen-bond donors (Lipinski definition) is 1. The van der Waals surface area contributed by atoms with Gasteiger partial charge >= 0.3 is 0 Å². The summed E-state index contributed by atoms with van der Waals surface area (Å²) in [5, 5.41) is 4.38. The topological polar surface area (TPSA) is 47.0 Å². The van der Waals surface area contributed by atoms with E-state index in [0.29, 0.717) is 0 Å². The maximum absolute atomic E-state index is 5.21. The summed E-state index contributed by atoms with van der Waals surface area (Å²) in [4.78, 5) is 8.56. The van der Waals surface area contributed by atoms with Crippen molar-refractivity contribution in [2.45, 2.75) is 20.0 Å². The molecule has 2 aromatic rings. The predicted octanol–water partition coefficient (Wildman–Crippen LogP) is 2.39. The molecule has 0 aliphatic carbocycles. The maximum atomic E-state index is 5.21. The third-order valence-electron chi connectivity index (χ3n) is 2.83. The number of aryl methyl sites for hydroxylation is 1. The molecule has 1 atom stereocenters. The number of methoxy groups -OCH3 is 1. The molecule has 0 aliphatic heterocycles. The normalized spacial score (nSPS) is 12.6. The van der Waals surface area contributed by atoms with Crippen LogP contribution in [0.5, 0.6) is 0 Å². The molecular weight excluding hydrogens is 214 g/mol. The van der Waals surface area contributed by atoms with Crippen molar-refractivity contribution < 1.29 is 4.74 Å². The van der Waals surface area contributed by atoms with E-state index in [1.165, 1.54) is 5.56 Å². The van der Waals surface area contributed by atoms with Gasteiger partial charge in [-0.1, -0.05) is 12.1 Å². The van der Waals surface area contributed by atoms with E-state index in [1.807, 2.05) is 19.1 Å². The van der Waals surface area contributed by atoms with Gasteiger partial charge in [0, 0.05) is 19.0 Å². The monoisotopic (exact) mass is 231 g/mol. The van der Waals surface area contributed by atoms with Gasteiger partial charge in [-0.2, -0.15) is 0 Å². The van der Waals surface area contributed by atoms with Crippen LogP contribution < -0.4 is 5.32 Å². The minimum Gasteiger partial charge on any atom is -0.380 e. The van der Waals surface area contributed by atoms with Crippen LogP contribution in [0, 0.1) is 6.92 Å². The molecule has 17 heavy (non-hydrogen) atoms. The number of hydrogen-bond acceptors (Lipinski definition) is 4. The van der Waals surface area contributed by atoms with Gasteiger partial charge in [-0.15, -0.1) is 0 Å². The second kappa shape index (κ2) is 5.10. The van der Waals surface area contributed by atoms with Gasteiger partial charge in [-0.05, 0) is 25.5 Å². The van der Waals surface area contributed by atoms with Gasteiger partial charge in [-0.25, -0.2) is 9.97 Å². The minimum absolute atomic E-state index is 0.157. The summed E-state index contributed by atoms with van der Waals surface area (Å²) in [6.45, 7) is 4.82. The smallest absolute Gasteiger partial charge is 0.137 e. The van der Waals surface area contributed by atoms with Crippen LogP contribution in [0.15, 0.2) is 24.5 Å². The number of benzene rings is 1. The number of anilines is 1. The quantitative estimate of drug-likeness (QED) is 0.877. The largest absolute Gasteiger partial charge is 0.380 e. The van der Waals surface area contributed by atoms with Gasteiger partial charge in [0.15, 0.2) is 0 Å². The van der Waals surface area contributed by atoms with Crippen LogP contribution >= 0.6 is 0 Å². The zero-order valence-corrected chi connectivity index (χ0v) is 10.4. The van der Waals surface area contributed by atoms with Crippen LogP contribution in [0.2, 0.25) is 0 Å². The summed E-state index contributed by atoms with van der Waals surface area (Å²) in [7, 11) is 1.70. The molecule has 1 aromatic heterocycles. The van der Waals surface area contributed by atoms with Gasteiger partial charge in [0.25, 0.3) is 0 Å². The molecule has 1 N–H and O–H groups in total. The third-order valence-corrected chi connectivity index (χ3v) is 2.83. The first kappa shape index (κ1) is 11.8. The molecular formula is C13H17N3O. The highest BCUT2D eigenvalue weighted by Crippen LogP contribution is 2.22. The Bertz CT molecular complexity index is 508. The van der Waals surface area contributed by atoms with Gasteiger partial charge in [0.1, 0.15) is 12.1 Å². The standard InChI is InChI=1S/C13H17N3O/c1-9-5-4-6-11-12(9)13(16-8-15-11)14-7-10(2)17-3/h4-6,8,10H,7H2,1-3H3,(H,14,15,16). The minimum atomic E-state index is 0.157. The predicted molar refractivity (Wildman–Crippen MR) is 69.2 cm³/mol. The highest BCUT2D eigenvalue weighted by Gasteiger charge is 2.07. The third kappa shape index (κ3) is 2.53. The molecule has 1 unspecified atom stereocenters. The van der Waals surface area contributed by atoms with Crippen molar-refractivity contribution in [3.05, 3.63) is 30.1 Å². The Morgan fingerprint density at radius 3 is 2.94 bits per heavy atom. The average Bonchev–Trinajstić information content (AvgIpc) is 2.36. The first-order chi connectivity index (χ1) is 8.22. The molecule has 1 aromatic carbocycles. The first-order valence-electron chi connectivity index (χ1n) is 5.69. The van der Waals surface area contributed by atoms with Crippen molar-refractivity contribution in [2.75, 3.05) is 19.0 Å². The number of rotatable bonds is 4. The molecule has 2 rings (SSSR count). The van der Waals surface area contributed by atoms with Crippen molar-refractivity contribution in [3.63, 3.8) is 0 Å². The number of nitrogens with one attached hydrogen (secondary N) is 1. The lowest BCUT2D eigenvalue weighted by Crippen LogP contribution is -2.18. The first-order valence-corrected chi connectivity index (χ1v) is 5.69. The zero-order valence-electron chi connectivity index (χ0n) is 10.4. The van der Waals surface area contributed by atoms with Crippen molar-refractivity contribution in [1.29, 1.82) is 0 Å². The summed E-state index contributed by atoms with van der Waals surface area (Å²) in [5.41, 5.74) is 2.14. The summed E-state index contributed by atoms with van der Waals surface area (Å²) in [5.74, 6) is 0.872. The van der Waals surface area contributed by atoms with Crippen LogP contribution in [0.25, 0.3) is 10.9 Å². The van der Waals surface area contributed by atoms with E-state index in [4.69, 9.17) is 4.74 Å². The lowest BCUT2D eigenvalue weighted by Gasteiger charge is -2.13. The molecule has 0 fully saturated rings. The Balaban J connectivity index is 2.33. The molecule has 0 amide bonds. The highest BCUT2D eigenvalue weighted by atomic mass is 16.5.